The van der Waals surface area contributed by atoms with Crippen LogP contribution in [-0.2, 0) is 26.5 Å². The lowest BCUT2D eigenvalue weighted by Gasteiger charge is -2.28. The largest absolute Gasteiger partial charge is 0.396 e. The summed E-state index contributed by atoms with van der Waals surface area (Å²) in [7, 11) is 0. The number of amides is 2. The number of nitrogens with zero attached hydrogens (tertiary/aromatic N) is 1. The third-order valence-corrected chi connectivity index (χ3v) is 6.19. The molecule has 164 valence electrons. The van der Waals surface area contributed by atoms with Crippen LogP contribution >= 0.6 is 0 Å². The number of aliphatic hydroxyl groups excluding tert-OH is 2. The van der Waals surface area contributed by atoms with E-state index in [1.54, 1.807) is 23.1 Å². The molecule has 2 aliphatic heterocycles. The van der Waals surface area contributed by atoms with Gasteiger partial charge in [0, 0.05) is 23.8 Å². The Bertz CT molecular complexity index is 991. The second-order valence-corrected chi connectivity index (χ2v) is 8.40. The Morgan fingerprint density at radius 3 is 2.81 bits per heavy atom. The second-order valence-electron chi connectivity index (χ2n) is 8.40. The molecular formula is C24H28N2O5. The van der Waals surface area contributed by atoms with E-state index in [1.165, 1.54) is 6.92 Å². The Balaban J connectivity index is 1.64. The van der Waals surface area contributed by atoms with Crippen molar-refractivity contribution in [2.75, 3.05) is 16.8 Å². The molecular weight excluding hydrogens is 396 g/mol. The van der Waals surface area contributed by atoms with Crippen molar-refractivity contribution in [2.45, 2.75) is 51.0 Å². The van der Waals surface area contributed by atoms with Gasteiger partial charge < -0.3 is 25.2 Å². The highest BCUT2D eigenvalue weighted by molar-refractivity contribution is 6.07. The zero-order valence-corrected chi connectivity index (χ0v) is 17.7. The van der Waals surface area contributed by atoms with E-state index in [1.807, 2.05) is 37.3 Å². The molecule has 0 bridgehead atoms. The van der Waals surface area contributed by atoms with Crippen LogP contribution in [0.2, 0.25) is 0 Å². The van der Waals surface area contributed by atoms with E-state index in [9.17, 15) is 19.8 Å². The molecule has 7 nitrogen and oxygen atoms in total. The van der Waals surface area contributed by atoms with Crippen LogP contribution in [0.25, 0.3) is 0 Å². The summed E-state index contributed by atoms with van der Waals surface area (Å²) in [5.74, 6) is -0.596. The number of benzene rings is 2. The van der Waals surface area contributed by atoms with E-state index in [-0.39, 0.29) is 24.5 Å². The monoisotopic (exact) mass is 424 g/mol. The van der Waals surface area contributed by atoms with E-state index in [4.69, 9.17) is 4.74 Å². The number of ether oxygens (including phenoxy) is 1. The first-order chi connectivity index (χ1) is 14.9. The fourth-order valence-electron chi connectivity index (χ4n) is 4.68. The molecule has 4 rings (SSSR count). The number of para-hydroxylation sites is 1. The predicted molar refractivity (Wildman–Crippen MR) is 116 cm³/mol. The first-order valence-corrected chi connectivity index (χ1v) is 10.6. The summed E-state index contributed by atoms with van der Waals surface area (Å²) in [6.07, 6.45) is -0.0404. The molecule has 7 heteroatoms. The molecule has 3 N–H and O–H groups in total. The van der Waals surface area contributed by atoms with Gasteiger partial charge in [0.2, 0.25) is 0 Å². The van der Waals surface area contributed by atoms with Crippen LogP contribution in [0.1, 0.15) is 37.8 Å². The summed E-state index contributed by atoms with van der Waals surface area (Å²) >= 11 is 0. The van der Waals surface area contributed by atoms with E-state index < -0.39 is 17.6 Å². The number of rotatable bonds is 6. The van der Waals surface area contributed by atoms with E-state index in [0.29, 0.717) is 18.7 Å². The number of hydrogen-bond acceptors (Lipinski definition) is 5. The SMILES string of the molecule is C[C@H](O)C(=O)Nc1cccc(CN2C(=O)[C@@]3(O[C@@H](CCO)C[C@H]3C)c3ccccc32)c1. The Morgan fingerprint density at radius 1 is 1.29 bits per heavy atom. The summed E-state index contributed by atoms with van der Waals surface area (Å²) < 4.78 is 6.34. The number of aliphatic hydroxyl groups is 2. The van der Waals surface area contributed by atoms with Gasteiger partial charge in [-0.2, -0.15) is 0 Å². The molecule has 4 atom stereocenters. The first kappa shape index (κ1) is 21.5. The molecule has 31 heavy (non-hydrogen) atoms. The fraction of sp³-hybridized carbons (Fsp3) is 0.417. The maximum Gasteiger partial charge on any atom is 0.264 e. The molecule has 0 saturated carbocycles. The van der Waals surface area contributed by atoms with Gasteiger partial charge in [-0.15, -0.1) is 0 Å². The van der Waals surface area contributed by atoms with Crippen molar-refractivity contribution in [1.29, 1.82) is 0 Å². The van der Waals surface area contributed by atoms with Crippen LogP contribution in [0.5, 0.6) is 0 Å². The molecule has 2 heterocycles. The van der Waals surface area contributed by atoms with Crippen molar-refractivity contribution in [3.8, 4) is 0 Å². The van der Waals surface area contributed by atoms with Crippen molar-refractivity contribution in [2.24, 2.45) is 5.92 Å². The van der Waals surface area contributed by atoms with Gasteiger partial charge in [0.15, 0.2) is 5.60 Å². The van der Waals surface area contributed by atoms with E-state index >= 15 is 0 Å². The van der Waals surface area contributed by atoms with Gasteiger partial charge in [0.1, 0.15) is 6.10 Å². The molecule has 1 spiro atoms. The van der Waals surface area contributed by atoms with E-state index in [2.05, 4.69) is 5.32 Å². The van der Waals surface area contributed by atoms with Crippen LogP contribution < -0.4 is 10.2 Å². The summed E-state index contributed by atoms with van der Waals surface area (Å²) in [6, 6.07) is 14.9. The molecule has 0 unspecified atom stereocenters. The maximum absolute atomic E-state index is 13.7. The molecule has 2 aromatic rings. The quantitative estimate of drug-likeness (QED) is 0.662. The van der Waals surface area contributed by atoms with Gasteiger partial charge in [0.25, 0.3) is 11.8 Å². The van der Waals surface area contributed by atoms with Gasteiger partial charge in [-0.25, -0.2) is 0 Å². The zero-order chi connectivity index (χ0) is 22.2. The number of hydrogen-bond donors (Lipinski definition) is 3. The smallest absolute Gasteiger partial charge is 0.264 e. The summed E-state index contributed by atoms with van der Waals surface area (Å²) in [5.41, 5.74) is 2.07. The average molecular weight is 424 g/mol. The third-order valence-electron chi connectivity index (χ3n) is 6.19. The summed E-state index contributed by atoms with van der Waals surface area (Å²) in [6.45, 7) is 3.79. The average Bonchev–Trinajstić information content (AvgIpc) is 3.19. The second kappa shape index (κ2) is 8.42. The Labute approximate surface area is 181 Å². The van der Waals surface area contributed by atoms with Crippen molar-refractivity contribution in [3.05, 3.63) is 59.7 Å². The highest BCUT2D eigenvalue weighted by Gasteiger charge is 2.59. The number of carbonyl (C=O) groups is 2. The lowest BCUT2D eigenvalue weighted by atomic mass is 9.83. The van der Waals surface area contributed by atoms with Crippen molar-refractivity contribution in [1.82, 2.24) is 0 Å². The maximum atomic E-state index is 13.7. The van der Waals surface area contributed by atoms with Crippen LogP contribution in [0.3, 0.4) is 0 Å². The van der Waals surface area contributed by atoms with Gasteiger partial charge in [0.05, 0.1) is 18.3 Å². The molecule has 1 fully saturated rings. The fourth-order valence-corrected chi connectivity index (χ4v) is 4.68. The topological polar surface area (TPSA) is 99.1 Å². The molecule has 2 aliphatic rings. The first-order valence-electron chi connectivity index (χ1n) is 10.6. The van der Waals surface area contributed by atoms with Crippen LogP contribution in [0, 0.1) is 5.92 Å². The van der Waals surface area contributed by atoms with Gasteiger partial charge in [-0.1, -0.05) is 37.3 Å². The number of carbonyl (C=O) groups excluding carboxylic acids is 2. The minimum absolute atomic E-state index is 0.0145. The number of anilines is 2. The highest BCUT2D eigenvalue weighted by Crippen LogP contribution is 2.53. The Kier molecular flexibility index (Phi) is 5.83. The standard InChI is InChI=1S/C24H28N2O5/c1-15-12-19(10-11-27)31-24(15)20-8-3-4-9-21(20)26(23(24)30)14-17-6-5-7-18(13-17)25-22(29)16(2)28/h3-9,13,15-16,19,27-28H,10-12,14H2,1-2H3,(H,25,29)/t15-,16+,19+,24+/m1/s1. The van der Waals surface area contributed by atoms with E-state index in [0.717, 1.165) is 23.2 Å². The number of nitrogens with one attached hydrogen (secondary N) is 1. The molecule has 0 radical (unpaired) electrons. The summed E-state index contributed by atoms with van der Waals surface area (Å²) in [5, 5.41) is 21.5. The van der Waals surface area contributed by atoms with Crippen LogP contribution in [0.15, 0.2) is 48.5 Å². The van der Waals surface area contributed by atoms with Crippen LogP contribution in [-0.4, -0.2) is 40.8 Å². The van der Waals surface area contributed by atoms with Crippen molar-refractivity contribution >= 4 is 23.2 Å². The number of fused-ring (bicyclic) bond motifs is 2. The lowest BCUT2D eigenvalue weighted by Crippen LogP contribution is -2.43. The van der Waals surface area contributed by atoms with Crippen LogP contribution in [0.4, 0.5) is 11.4 Å². The van der Waals surface area contributed by atoms with Gasteiger partial charge in [-0.3, -0.25) is 9.59 Å². The Hall–Kier alpha value is -2.74. The molecule has 1 saturated heterocycles. The van der Waals surface area contributed by atoms with Gasteiger partial charge in [-0.05, 0) is 43.5 Å². The molecule has 0 aliphatic carbocycles. The van der Waals surface area contributed by atoms with Gasteiger partial charge >= 0.3 is 0 Å². The third kappa shape index (κ3) is 3.73. The van der Waals surface area contributed by atoms with Crippen molar-refractivity contribution in [3.63, 3.8) is 0 Å². The van der Waals surface area contributed by atoms with Crippen molar-refractivity contribution < 1.29 is 24.5 Å². The molecule has 0 aromatic heterocycles. The molecule has 2 aromatic carbocycles. The minimum Gasteiger partial charge on any atom is -0.396 e. The normalized spacial score (nSPS) is 25.7. The highest BCUT2D eigenvalue weighted by atomic mass is 16.5. The Morgan fingerprint density at radius 2 is 2.06 bits per heavy atom. The molecule has 2 amide bonds. The minimum atomic E-state index is -1.11. The summed E-state index contributed by atoms with van der Waals surface area (Å²) in [4.78, 5) is 27.3. The lowest BCUT2D eigenvalue weighted by molar-refractivity contribution is -0.146. The predicted octanol–water partition coefficient (Wildman–Crippen LogP) is 2.56. The zero-order valence-electron chi connectivity index (χ0n) is 17.7.